The van der Waals surface area contributed by atoms with Gasteiger partial charge in [-0.3, -0.25) is 9.69 Å². The molecule has 5 heteroatoms. The van der Waals surface area contributed by atoms with Crippen LogP contribution in [0.4, 0.5) is 0 Å². The Morgan fingerprint density at radius 1 is 1.41 bits per heavy atom. The molecule has 94 valence electrons. The van der Waals surface area contributed by atoms with Crippen molar-refractivity contribution in [3.05, 3.63) is 0 Å². The van der Waals surface area contributed by atoms with Crippen LogP contribution in [-0.4, -0.2) is 54.6 Å². The molecule has 3 unspecified atom stereocenters. The summed E-state index contributed by atoms with van der Waals surface area (Å²) in [4.78, 5) is 26.1. The summed E-state index contributed by atoms with van der Waals surface area (Å²) < 4.78 is 10.5. The highest BCUT2D eigenvalue weighted by Gasteiger charge is 2.55. The third-order valence-electron chi connectivity index (χ3n) is 4.06. The van der Waals surface area contributed by atoms with E-state index >= 15 is 0 Å². The number of hydrogen-bond acceptors (Lipinski definition) is 5. The van der Waals surface area contributed by atoms with E-state index in [4.69, 9.17) is 9.47 Å². The number of rotatable bonds is 2. The Kier molecular flexibility index (Phi) is 2.67. The van der Waals surface area contributed by atoms with Gasteiger partial charge < -0.3 is 9.47 Å². The van der Waals surface area contributed by atoms with Crippen molar-refractivity contribution in [1.82, 2.24) is 4.90 Å². The summed E-state index contributed by atoms with van der Waals surface area (Å²) in [6.07, 6.45) is 1.68. The minimum Gasteiger partial charge on any atom is -0.464 e. The second-order valence-electron chi connectivity index (χ2n) is 5.02. The molecule has 4 fully saturated rings. The van der Waals surface area contributed by atoms with E-state index in [9.17, 15) is 9.59 Å². The van der Waals surface area contributed by atoms with E-state index in [0.29, 0.717) is 19.8 Å². The molecule has 0 amide bonds. The first-order valence-electron chi connectivity index (χ1n) is 6.28. The zero-order chi connectivity index (χ0) is 12.0. The summed E-state index contributed by atoms with van der Waals surface area (Å²) in [5.74, 6) is -0.287. The maximum Gasteiger partial charge on any atom is 0.331 e. The zero-order valence-electron chi connectivity index (χ0n) is 9.93. The molecule has 0 saturated carbocycles. The maximum atomic E-state index is 12.2. The predicted molar refractivity (Wildman–Crippen MR) is 58.4 cm³/mol. The molecule has 17 heavy (non-hydrogen) atoms. The number of carbonyl (C=O) groups excluding carboxylic acids is 2. The van der Waals surface area contributed by atoms with Crippen LogP contribution in [0.2, 0.25) is 0 Å². The Morgan fingerprint density at radius 2 is 2.06 bits per heavy atom. The fraction of sp³-hybridized carbons (Fsp3) is 0.833. The molecular formula is C12H17NO4. The van der Waals surface area contributed by atoms with Crippen molar-refractivity contribution < 1.29 is 19.1 Å². The molecule has 0 spiro atoms. The maximum absolute atomic E-state index is 12.2. The number of Topliss-reactive ketones (excluding diaryl/α,β-unsaturated/α-hetero) is 1. The van der Waals surface area contributed by atoms with Gasteiger partial charge in [-0.05, 0) is 19.8 Å². The van der Waals surface area contributed by atoms with E-state index in [1.807, 2.05) is 4.90 Å². The summed E-state index contributed by atoms with van der Waals surface area (Å²) in [7, 11) is 0. The molecule has 4 aliphatic rings. The van der Waals surface area contributed by atoms with Gasteiger partial charge in [0.25, 0.3) is 0 Å². The van der Waals surface area contributed by atoms with Crippen molar-refractivity contribution in [3.8, 4) is 0 Å². The van der Waals surface area contributed by atoms with Gasteiger partial charge in [0.1, 0.15) is 0 Å². The van der Waals surface area contributed by atoms with Crippen LogP contribution >= 0.6 is 0 Å². The molecule has 0 N–H and O–H groups in total. The molecule has 4 rings (SSSR count). The lowest BCUT2D eigenvalue weighted by atomic mass is 9.73. The summed E-state index contributed by atoms with van der Waals surface area (Å²) >= 11 is 0. The van der Waals surface area contributed by atoms with Gasteiger partial charge in [-0.1, -0.05) is 0 Å². The van der Waals surface area contributed by atoms with Gasteiger partial charge >= 0.3 is 5.97 Å². The van der Waals surface area contributed by atoms with Crippen LogP contribution in [0.15, 0.2) is 0 Å². The number of nitrogens with zero attached hydrogens (tertiary/aromatic N) is 1. The number of esters is 1. The quantitative estimate of drug-likeness (QED) is 0.501. The highest BCUT2D eigenvalue weighted by molar-refractivity contribution is 6.05. The third kappa shape index (κ3) is 1.60. The highest BCUT2D eigenvalue weighted by Crippen LogP contribution is 2.40. The van der Waals surface area contributed by atoms with Crippen LogP contribution in [0.25, 0.3) is 0 Å². The lowest BCUT2D eigenvalue weighted by molar-refractivity contribution is -0.182. The fourth-order valence-electron chi connectivity index (χ4n) is 3.43. The zero-order valence-corrected chi connectivity index (χ0v) is 9.93. The Bertz CT molecular complexity index is 342. The Labute approximate surface area is 100 Å². The topological polar surface area (TPSA) is 55.8 Å². The fourth-order valence-corrected chi connectivity index (χ4v) is 3.43. The Balaban J connectivity index is 1.88. The van der Waals surface area contributed by atoms with Crippen LogP contribution in [-0.2, 0) is 19.1 Å². The van der Waals surface area contributed by atoms with Crippen molar-refractivity contribution in [3.63, 3.8) is 0 Å². The van der Waals surface area contributed by atoms with E-state index in [0.717, 1.165) is 12.8 Å². The highest BCUT2D eigenvalue weighted by atomic mass is 16.5. The monoisotopic (exact) mass is 239 g/mol. The minimum absolute atomic E-state index is 0.0355. The average Bonchev–Trinajstić information content (AvgIpc) is 2.28. The number of ketones is 1. The van der Waals surface area contributed by atoms with E-state index in [-0.39, 0.29) is 29.8 Å². The van der Waals surface area contributed by atoms with Crippen molar-refractivity contribution in [2.45, 2.75) is 37.9 Å². The molecule has 0 aliphatic carbocycles. The summed E-state index contributed by atoms with van der Waals surface area (Å²) in [5, 5.41) is 0. The van der Waals surface area contributed by atoms with Crippen molar-refractivity contribution >= 4 is 11.8 Å². The van der Waals surface area contributed by atoms with Crippen LogP contribution in [0.1, 0.15) is 19.8 Å². The molecule has 5 nitrogen and oxygen atoms in total. The second kappa shape index (κ2) is 4.07. The predicted octanol–water partition coefficient (Wildman–Crippen LogP) is -0.0198. The van der Waals surface area contributed by atoms with Crippen LogP contribution in [0, 0.1) is 5.92 Å². The minimum atomic E-state index is -0.665. The van der Waals surface area contributed by atoms with E-state index in [1.165, 1.54) is 0 Å². The van der Waals surface area contributed by atoms with Crippen molar-refractivity contribution in [2.24, 2.45) is 5.92 Å². The largest absolute Gasteiger partial charge is 0.464 e. The van der Waals surface area contributed by atoms with E-state index < -0.39 is 6.04 Å². The summed E-state index contributed by atoms with van der Waals surface area (Å²) in [6.45, 7) is 3.36. The first-order valence-corrected chi connectivity index (χ1v) is 6.28. The van der Waals surface area contributed by atoms with Gasteiger partial charge in [-0.2, -0.15) is 0 Å². The van der Waals surface area contributed by atoms with E-state index in [1.54, 1.807) is 6.92 Å². The first kappa shape index (κ1) is 11.2. The first-order chi connectivity index (χ1) is 8.22. The molecule has 0 aromatic rings. The standard InChI is InChI=1S/C12H17NO4/c1-2-17-12(15)10-11(14)7-3-8-5-16-6-9(4-7)13(8)10/h7-10H,2-6H2,1H3. The normalized spacial score (nSPS) is 43.6. The molecule has 4 aliphatic heterocycles. The SMILES string of the molecule is CCOC(=O)C1C(=O)C2CC3COCC(C2)N31. The van der Waals surface area contributed by atoms with Gasteiger partial charge in [0.2, 0.25) is 0 Å². The van der Waals surface area contributed by atoms with Crippen LogP contribution in [0.3, 0.4) is 0 Å². The number of ether oxygens (including phenoxy) is 2. The van der Waals surface area contributed by atoms with Gasteiger partial charge in [0.05, 0.1) is 19.8 Å². The van der Waals surface area contributed by atoms with Gasteiger partial charge in [0, 0.05) is 18.0 Å². The summed E-state index contributed by atoms with van der Waals surface area (Å²) in [6, 6.07) is -0.222. The number of piperidine rings is 3. The van der Waals surface area contributed by atoms with Gasteiger partial charge in [-0.25, -0.2) is 4.79 Å². The number of hydrogen-bond donors (Lipinski definition) is 0. The molecule has 3 atom stereocenters. The number of morpholine rings is 1. The average molecular weight is 239 g/mol. The molecule has 4 heterocycles. The number of fused-ring (bicyclic) bond motifs is 1. The molecule has 0 radical (unpaired) electrons. The van der Waals surface area contributed by atoms with E-state index in [2.05, 4.69) is 0 Å². The lowest BCUT2D eigenvalue weighted by Gasteiger charge is -2.55. The lowest BCUT2D eigenvalue weighted by Crippen LogP contribution is -2.70. The Hall–Kier alpha value is -0.940. The molecule has 0 aromatic carbocycles. The van der Waals surface area contributed by atoms with Gasteiger partial charge in [0.15, 0.2) is 11.8 Å². The molecular weight excluding hydrogens is 222 g/mol. The number of carbonyl (C=O) groups is 2. The van der Waals surface area contributed by atoms with Crippen LogP contribution < -0.4 is 0 Å². The smallest absolute Gasteiger partial charge is 0.331 e. The molecule has 4 bridgehead atoms. The molecule has 0 aromatic heterocycles. The second-order valence-corrected chi connectivity index (χ2v) is 5.02. The Morgan fingerprint density at radius 3 is 2.65 bits per heavy atom. The van der Waals surface area contributed by atoms with Crippen molar-refractivity contribution in [1.29, 1.82) is 0 Å². The van der Waals surface area contributed by atoms with Gasteiger partial charge in [-0.15, -0.1) is 0 Å². The van der Waals surface area contributed by atoms with Crippen molar-refractivity contribution in [2.75, 3.05) is 19.8 Å². The third-order valence-corrected chi connectivity index (χ3v) is 4.06. The van der Waals surface area contributed by atoms with Crippen LogP contribution in [0.5, 0.6) is 0 Å². The summed E-state index contributed by atoms with van der Waals surface area (Å²) in [5.41, 5.74) is 0. The molecule has 4 saturated heterocycles.